The van der Waals surface area contributed by atoms with E-state index in [2.05, 4.69) is 33.8 Å². The molecule has 0 spiro atoms. The first-order chi connectivity index (χ1) is 24.6. The van der Waals surface area contributed by atoms with Gasteiger partial charge in [0, 0.05) is 6.61 Å². The number of fused-ring (bicyclic) bond motifs is 5. The Kier molecular flexibility index (Phi) is 12.6. The summed E-state index contributed by atoms with van der Waals surface area (Å²) in [4.78, 5) is 0. The fourth-order valence-corrected chi connectivity index (χ4v) is 12.1. The molecule has 52 heavy (non-hydrogen) atoms. The van der Waals surface area contributed by atoms with Crippen LogP contribution in [0.2, 0.25) is 0 Å². The molecule has 0 aromatic heterocycles. The molecule has 6 rings (SSSR count). The van der Waals surface area contributed by atoms with E-state index in [9.17, 15) is 46.0 Å². The Morgan fingerprint density at radius 3 is 2.06 bits per heavy atom. The molecule has 0 radical (unpaired) electrons. The van der Waals surface area contributed by atoms with E-state index >= 15 is 0 Å². The molecule has 0 amide bonds. The average Bonchev–Trinajstić information content (AvgIpc) is 3.49. The van der Waals surface area contributed by atoms with Gasteiger partial charge in [-0.25, -0.2) is 0 Å². The predicted molar refractivity (Wildman–Crippen MR) is 187 cm³/mol. The Balaban J connectivity index is 1.16. The molecule has 300 valence electrons. The maximum atomic E-state index is 11.4. The van der Waals surface area contributed by atoms with E-state index in [0.29, 0.717) is 30.6 Å². The summed E-state index contributed by atoms with van der Waals surface area (Å²) >= 11 is 0. The molecule has 13 nitrogen and oxygen atoms in total. The first kappa shape index (κ1) is 40.9. The normalized spacial score (nSPS) is 51.2. The maximum absolute atomic E-state index is 11.4. The van der Waals surface area contributed by atoms with Gasteiger partial charge in [-0.1, -0.05) is 25.5 Å². The van der Waals surface area contributed by atoms with Crippen molar-refractivity contribution in [3.63, 3.8) is 0 Å². The molecule has 2 saturated heterocycles. The van der Waals surface area contributed by atoms with Crippen LogP contribution >= 0.6 is 0 Å². The molecular weight excluding hydrogens is 676 g/mol. The van der Waals surface area contributed by atoms with E-state index in [4.69, 9.17) is 18.9 Å². The van der Waals surface area contributed by atoms with Crippen LogP contribution in [0.3, 0.4) is 0 Å². The lowest BCUT2D eigenvalue weighted by Crippen LogP contribution is -2.65. The third-order valence-electron chi connectivity index (χ3n) is 15.3. The van der Waals surface area contributed by atoms with Crippen LogP contribution in [0, 0.1) is 39.9 Å². The van der Waals surface area contributed by atoms with Gasteiger partial charge >= 0.3 is 0 Å². The van der Waals surface area contributed by atoms with Crippen LogP contribution in [0.15, 0.2) is 11.6 Å². The van der Waals surface area contributed by atoms with Gasteiger partial charge in [0.25, 0.3) is 0 Å². The molecule has 6 aliphatic rings. The van der Waals surface area contributed by atoms with Crippen LogP contribution < -0.4 is 0 Å². The van der Waals surface area contributed by atoms with Crippen molar-refractivity contribution in [2.24, 2.45) is 39.9 Å². The highest BCUT2D eigenvalue weighted by Gasteiger charge is 2.68. The van der Waals surface area contributed by atoms with Crippen molar-refractivity contribution in [1.82, 2.24) is 0 Å². The van der Waals surface area contributed by atoms with Gasteiger partial charge in [0.1, 0.15) is 48.8 Å². The molecule has 0 aromatic carbocycles. The van der Waals surface area contributed by atoms with E-state index in [1.807, 2.05) is 0 Å². The Labute approximate surface area is 307 Å². The summed E-state index contributed by atoms with van der Waals surface area (Å²) in [6, 6.07) is 0. The van der Waals surface area contributed by atoms with Crippen LogP contribution in [0.4, 0.5) is 0 Å². The van der Waals surface area contributed by atoms with Gasteiger partial charge in [-0.3, -0.25) is 0 Å². The van der Waals surface area contributed by atoms with Crippen LogP contribution in [0.1, 0.15) is 98.3 Å². The van der Waals surface area contributed by atoms with Crippen molar-refractivity contribution in [1.29, 1.82) is 0 Å². The summed E-state index contributed by atoms with van der Waals surface area (Å²) in [5.41, 5.74) is 1.08. The SMILES string of the molecule is CC(C)=CCC[C@@H](O)[C@H]1CC[C@]2(C)[C@@H]1CC[C@@H]1[C@]3(CO)CC[C@@H](O[C@@H]4O[C@H](CO)[C@@H](O)[C@H](O)[C@H]4O[C@@H]4O[C@H](CO)[C@@H](O)[C@H](O)[C@H]4O)C[C@H]3CC[C@]12C. The monoisotopic (exact) mass is 742 g/mol. The predicted octanol–water partition coefficient (Wildman–Crippen LogP) is 1.12. The average molecular weight is 743 g/mol. The number of aliphatic hydroxyl groups excluding tert-OH is 9. The summed E-state index contributed by atoms with van der Waals surface area (Å²) in [5, 5.41) is 95.3. The fraction of sp³-hybridized carbons (Fsp3) is 0.949. The lowest BCUT2D eigenvalue weighted by molar-refractivity contribution is -0.373. The largest absolute Gasteiger partial charge is 0.396 e. The van der Waals surface area contributed by atoms with Gasteiger partial charge in [0.15, 0.2) is 12.6 Å². The lowest BCUT2D eigenvalue weighted by Gasteiger charge is -2.68. The van der Waals surface area contributed by atoms with Gasteiger partial charge in [0.2, 0.25) is 0 Å². The van der Waals surface area contributed by atoms with Crippen molar-refractivity contribution in [2.75, 3.05) is 19.8 Å². The minimum Gasteiger partial charge on any atom is -0.396 e. The van der Waals surface area contributed by atoms with Gasteiger partial charge in [-0.05, 0) is 124 Å². The van der Waals surface area contributed by atoms with Crippen LogP contribution in [-0.2, 0) is 18.9 Å². The molecule has 4 saturated carbocycles. The molecule has 0 aromatic rings. The zero-order chi connectivity index (χ0) is 37.7. The number of hydrogen-bond donors (Lipinski definition) is 9. The zero-order valence-corrected chi connectivity index (χ0v) is 31.4. The highest BCUT2D eigenvalue weighted by molar-refractivity contribution is 5.16. The summed E-state index contributed by atoms with van der Waals surface area (Å²) in [6.45, 7) is 7.92. The third kappa shape index (κ3) is 6.96. The van der Waals surface area contributed by atoms with Gasteiger partial charge < -0.3 is 64.9 Å². The number of rotatable bonds is 11. The van der Waals surface area contributed by atoms with Crippen molar-refractivity contribution in [2.45, 2.75) is 172 Å². The molecule has 4 aliphatic carbocycles. The molecule has 9 N–H and O–H groups in total. The zero-order valence-electron chi connectivity index (χ0n) is 31.4. The Morgan fingerprint density at radius 2 is 1.40 bits per heavy atom. The van der Waals surface area contributed by atoms with E-state index in [-0.39, 0.29) is 41.0 Å². The van der Waals surface area contributed by atoms with E-state index in [1.54, 1.807) is 0 Å². The number of aliphatic hydroxyl groups is 9. The van der Waals surface area contributed by atoms with Crippen molar-refractivity contribution < 1.29 is 64.9 Å². The minimum absolute atomic E-state index is 0.0165. The first-order valence-corrected chi connectivity index (χ1v) is 19.8. The molecular formula is C39H66O13. The van der Waals surface area contributed by atoms with Crippen LogP contribution in [-0.4, -0.2) is 139 Å². The topological polar surface area (TPSA) is 219 Å². The van der Waals surface area contributed by atoms with Crippen molar-refractivity contribution in [3.05, 3.63) is 11.6 Å². The fourth-order valence-electron chi connectivity index (χ4n) is 12.1. The van der Waals surface area contributed by atoms with Crippen molar-refractivity contribution >= 4 is 0 Å². The quantitative estimate of drug-likeness (QED) is 0.107. The van der Waals surface area contributed by atoms with Gasteiger partial charge in [-0.2, -0.15) is 0 Å². The number of ether oxygens (including phenoxy) is 4. The molecule has 2 heterocycles. The lowest BCUT2D eigenvalue weighted by atomic mass is 9.37. The van der Waals surface area contributed by atoms with Crippen LogP contribution in [0.5, 0.6) is 0 Å². The molecule has 2 aliphatic heterocycles. The highest BCUT2D eigenvalue weighted by atomic mass is 16.8. The molecule has 0 unspecified atom stereocenters. The van der Waals surface area contributed by atoms with Crippen LogP contribution in [0.25, 0.3) is 0 Å². The van der Waals surface area contributed by atoms with Gasteiger partial charge in [0.05, 0.1) is 25.4 Å². The van der Waals surface area contributed by atoms with Crippen molar-refractivity contribution in [3.8, 4) is 0 Å². The second-order valence-electron chi connectivity index (χ2n) is 17.9. The summed E-state index contributed by atoms with van der Waals surface area (Å²) in [6.07, 6.45) is -3.66. The smallest absolute Gasteiger partial charge is 0.187 e. The molecule has 6 fully saturated rings. The number of allylic oxidation sites excluding steroid dienone is 2. The second-order valence-corrected chi connectivity index (χ2v) is 17.9. The third-order valence-corrected chi connectivity index (χ3v) is 15.3. The Bertz CT molecular complexity index is 1230. The van der Waals surface area contributed by atoms with E-state index < -0.39 is 74.6 Å². The van der Waals surface area contributed by atoms with E-state index in [0.717, 1.165) is 57.8 Å². The summed E-state index contributed by atoms with van der Waals surface area (Å²) in [7, 11) is 0. The second kappa shape index (κ2) is 16.0. The summed E-state index contributed by atoms with van der Waals surface area (Å²) < 4.78 is 23.9. The maximum Gasteiger partial charge on any atom is 0.187 e. The summed E-state index contributed by atoms with van der Waals surface area (Å²) in [5.74, 6) is 1.23. The minimum atomic E-state index is -1.74. The Morgan fingerprint density at radius 1 is 0.750 bits per heavy atom. The number of hydrogen-bond acceptors (Lipinski definition) is 13. The molecule has 13 heteroatoms. The molecule has 0 bridgehead atoms. The van der Waals surface area contributed by atoms with E-state index in [1.165, 1.54) is 5.57 Å². The molecule has 19 atom stereocenters. The Hall–Kier alpha value is -0.780. The first-order valence-electron chi connectivity index (χ1n) is 19.8. The standard InChI is InChI=1S/C39H66O13/c1-20(2)6-5-7-25(43)23-12-14-37(3)24(23)8-9-28-38(37,4)13-10-21-16-22(11-15-39(21,28)19-42)49-36-34(32(47)30(45)27(18-41)51-36)52-35-33(48)31(46)29(44)26(17-40)50-35/h6,21-36,40-48H,5,7-19H2,1-4H3/t21-,22-,23+,24-,25-,26-,27-,28+,29-,30-,31+,32+,33-,34-,35+,36-,37-,38-,39+/m1/s1. The van der Waals surface area contributed by atoms with Gasteiger partial charge in [-0.15, -0.1) is 0 Å². The highest BCUT2D eigenvalue weighted by Crippen LogP contribution is 2.74.